The summed E-state index contributed by atoms with van der Waals surface area (Å²) in [6, 6.07) is 9.68. The molecule has 0 amide bonds. The molecule has 27 heavy (non-hydrogen) atoms. The molecule has 132 valence electrons. The minimum absolute atomic E-state index is 0.507. The highest BCUT2D eigenvalue weighted by molar-refractivity contribution is 6.05. The average Bonchev–Trinajstić information content (AvgIpc) is 3.30. The first-order chi connectivity index (χ1) is 13.3. The summed E-state index contributed by atoms with van der Waals surface area (Å²) < 4.78 is 5.98. The standard InChI is InChI=1S/C20H15N5O2/c26-25-16-5-2-12-10-13(3-4-14(12)16)24-18-15-6-9-21-11-17(15)27-19(18)20-22-7-1-8-23-20/h1,3-4,6-11,24,26H,2,5H2. The molecule has 1 aromatic carbocycles. The molecular formula is C20H15N5O2. The summed E-state index contributed by atoms with van der Waals surface area (Å²) in [5, 5.41) is 16.9. The monoisotopic (exact) mass is 357 g/mol. The van der Waals surface area contributed by atoms with Gasteiger partial charge in [0, 0.05) is 35.2 Å². The molecule has 4 aromatic rings. The second-order valence-corrected chi connectivity index (χ2v) is 6.29. The van der Waals surface area contributed by atoms with Crippen molar-refractivity contribution in [3.8, 4) is 11.6 Å². The van der Waals surface area contributed by atoms with Crippen LogP contribution in [0.25, 0.3) is 22.6 Å². The molecule has 1 aliphatic carbocycles. The lowest BCUT2D eigenvalue weighted by Crippen LogP contribution is -1.97. The molecule has 0 fully saturated rings. The van der Waals surface area contributed by atoms with Gasteiger partial charge in [-0.3, -0.25) is 4.98 Å². The van der Waals surface area contributed by atoms with Crippen molar-refractivity contribution in [3.05, 3.63) is 66.2 Å². The van der Waals surface area contributed by atoms with Crippen LogP contribution in [-0.2, 0) is 6.42 Å². The molecular weight excluding hydrogens is 342 g/mol. The molecule has 0 atom stereocenters. The zero-order valence-electron chi connectivity index (χ0n) is 14.3. The quantitative estimate of drug-likeness (QED) is 0.422. The van der Waals surface area contributed by atoms with E-state index in [-0.39, 0.29) is 0 Å². The van der Waals surface area contributed by atoms with Gasteiger partial charge >= 0.3 is 0 Å². The van der Waals surface area contributed by atoms with E-state index in [0.29, 0.717) is 17.2 Å². The highest BCUT2D eigenvalue weighted by atomic mass is 16.4. The summed E-state index contributed by atoms with van der Waals surface area (Å²) >= 11 is 0. The second-order valence-electron chi connectivity index (χ2n) is 6.29. The number of pyridine rings is 1. The van der Waals surface area contributed by atoms with Gasteiger partial charge in [0.15, 0.2) is 17.2 Å². The maximum absolute atomic E-state index is 9.11. The molecule has 0 spiro atoms. The van der Waals surface area contributed by atoms with Crippen molar-refractivity contribution in [3.63, 3.8) is 0 Å². The lowest BCUT2D eigenvalue weighted by Gasteiger charge is -2.09. The Morgan fingerprint density at radius 1 is 1.07 bits per heavy atom. The van der Waals surface area contributed by atoms with Crippen molar-refractivity contribution in [2.45, 2.75) is 12.8 Å². The fourth-order valence-corrected chi connectivity index (χ4v) is 3.44. The molecule has 1 aliphatic rings. The number of fused-ring (bicyclic) bond motifs is 2. The Morgan fingerprint density at radius 2 is 1.96 bits per heavy atom. The fourth-order valence-electron chi connectivity index (χ4n) is 3.44. The Labute approximate surface area is 154 Å². The van der Waals surface area contributed by atoms with Crippen LogP contribution in [0.3, 0.4) is 0 Å². The SMILES string of the molecule is ON=C1CCc2cc(Nc3c(-c4ncccn4)oc4cnccc34)ccc21. The van der Waals surface area contributed by atoms with E-state index in [1.54, 1.807) is 30.9 Å². The van der Waals surface area contributed by atoms with Crippen LogP contribution in [0.1, 0.15) is 17.5 Å². The third-order valence-corrected chi connectivity index (χ3v) is 4.70. The van der Waals surface area contributed by atoms with Gasteiger partial charge in [0.25, 0.3) is 0 Å². The van der Waals surface area contributed by atoms with E-state index < -0.39 is 0 Å². The van der Waals surface area contributed by atoms with Crippen LogP contribution in [0.4, 0.5) is 11.4 Å². The molecule has 7 heteroatoms. The Kier molecular flexibility index (Phi) is 3.57. The minimum Gasteiger partial charge on any atom is -0.449 e. The molecule has 3 heterocycles. The second kappa shape index (κ2) is 6.21. The van der Waals surface area contributed by atoms with Crippen LogP contribution < -0.4 is 5.32 Å². The number of hydrogen-bond acceptors (Lipinski definition) is 7. The normalized spacial score (nSPS) is 14.6. The Hall–Kier alpha value is -3.74. The van der Waals surface area contributed by atoms with E-state index in [2.05, 4.69) is 31.5 Å². The minimum atomic E-state index is 0.507. The summed E-state index contributed by atoms with van der Waals surface area (Å²) in [5.74, 6) is 1.07. The number of hydrogen-bond donors (Lipinski definition) is 2. The van der Waals surface area contributed by atoms with Gasteiger partial charge in [0.05, 0.1) is 17.6 Å². The Balaban J connectivity index is 1.61. The molecule has 0 aliphatic heterocycles. The maximum Gasteiger partial charge on any atom is 0.197 e. The van der Waals surface area contributed by atoms with Gasteiger partial charge in [0.2, 0.25) is 0 Å². The number of furan rings is 1. The first kappa shape index (κ1) is 15.5. The molecule has 0 unspecified atom stereocenters. The smallest absolute Gasteiger partial charge is 0.197 e. The number of nitrogens with zero attached hydrogens (tertiary/aromatic N) is 4. The van der Waals surface area contributed by atoms with Crippen molar-refractivity contribution < 1.29 is 9.62 Å². The summed E-state index contributed by atoms with van der Waals surface area (Å²) in [6.07, 6.45) is 8.38. The van der Waals surface area contributed by atoms with Crippen LogP contribution in [0.15, 0.2) is 64.7 Å². The van der Waals surface area contributed by atoms with E-state index >= 15 is 0 Å². The largest absolute Gasteiger partial charge is 0.449 e. The number of aryl methyl sites for hydroxylation is 1. The number of rotatable bonds is 3. The predicted molar refractivity (Wildman–Crippen MR) is 101 cm³/mol. The number of nitrogens with one attached hydrogen (secondary N) is 1. The van der Waals surface area contributed by atoms with E-state index in [9.17, 15) is 0 Å². The first-order valence-electron chi connectivity index (χ1n) is 8.58. The molecule has 0 bridgehead atoms. The van der Waals surface area contributed by atoms with Gasteiger partial charge < -0.3 is 14.9 Å². The van der Waals surface area contributed by atoms with Gasteiger partial charge in [0.1, 0.15) is 0 Å². The first-order valence-corrected chi connectivity index (χ1v) is 8.58. The van der Waals surface area contributed by atoms with Crippen LogP contribution in [0, 0.1) is 0 Å². The lowest BCUT2D eigenvalue weighted by atomic mass is 10.1. The highest BCUT2D eigenvalue weighted by Gasteiger charge is 2.21. The van der Waals surface area contributed by atoms with Gasteiger partial charge in [-0.2, -0.15) is 0 Å². The van der Waals surface area contributed by atoms with Gasteiger partial charge in [-0.25, -0.2) is 9.97 Å². The summed E-state index contributed by atoms with van der Waals surface area (Å²) in [5.41, 5.74) is 5.26. The highest BCUT2D eigenvalue weighted by Crippen LogP contribution is 2.38. The van der Waals surface area contributed by atoms with E-state index in [0.717, 1.165) is 46.4 Å². The summed E-state index contributed by atoms with van der Waals surface area (Å²) in [4.78, 5) is 12.8. The number of aromatic nitrogens is 3. The zero-order chi connectivity index (χ0) is 18.2. The van der Waals surface area contributed by atoms with Crippen LogP contribution in [-0.4, -0.2) is 25.9 Å². The number of benzene rings is 1. The topological polar surface area (TPSA) is 96.4 Å². The molecule has 2 N–H and O–H groups in total. The lowest BCUT2D eigenvalue weighted by molar-refractivity contribution is 0.318. The molecule has 0 saturated heterocycles. The van der Waals surface area contributed by atoms with Crippen molar-refractivity contribution in [1.82, 2.24) is 15.0 Å². The Bertz CT molecular complexity index is 1170. The van der Waals surface area contributed by atoms with Crippen LogP contribution >= 0.6 is 0 Å². The van der Waals surface area contributed by atoms with Gasteiger partial charge in [-0.05, 0) is 42.7 Å². The fraction of sp³-hybridized carbons (Fsp3) is 0.100. The summed E-state index contributed by atoms with van der Waals surface area (Å²) in [7, 11) is 0. The average molecular weight is 357 g/mol. The third-order valence-electron chi connectivity index (χ3n) is 4.70. The third kappa shape index (κ3) is 2.60. The number of anilines is 2. The maximum atomic E-state index is 9.11. The van der Waals surface area contributed by atoms with Crippen molar-refractivity contribution in [2.24, 2.45) is 5.16 Å². The predicted octanol–water partition coefficient (Wildman–Crippen LogP) is 4.15. The van der Waals surface area contributed by atoms with E-state index in [4.69, 9.17) is 9.62 Å². The van der Waals surface area contributed by atoms with Gasteiger partial charge in [-0.1, -0.05) is 11.2 Å². The molecule has 0 radical (unpaired) electrons. The van der Waals surface area contributed by atoms with Gasteiger partial charge in [-0.15, -0.1) is 0 Å². The number of oxime groups is 1. The summed E-state index contributed by atoms with van der Waals surface area (Å²) in [6.45, 7) is 0. The van der Waals surface area contributed by atoms with Crippen LogP contribution in [0.2, 0.25) is 0 Å². The molecule has 0 saturated carbocycles. The molecule has 7 nitrogen and oxygen atoms in total. The van der Waals surface area contributed by atoms with Crippen molar-refractivity contribution in [2.75, 3.05) is 5.32 Å². The Morgan fingerprint density at radius 3 is 2.81 bits per heavy atom. The zero-order valence-corrected chi connectivity index (χ0v) is 14.3. The molecule has 5 rings (SSSR count). The van der Waals surface area contributed by atoms with E-state index in [1.807, 2.05) is 18.2 Å². The van der Waals surface area contributed by atoms with Crippen molar-refractivity contribution in [1.29, 1.82) is 0 Å². The van der Waals surface area contributed by atoms with E-state index in [1.165, 1.54) is 0 Å². The van der Waals surface area contributed by atoms with Crippen molar-refractivity contribution >= 4 is 28.1 Å². The molecule has 3 aromatic heterocycles. The van der Waals surface area contributed by atoms with Crippen LogP contribution in [0.5, 0.6) is 0 Å².